The van der Waals surface area contributed by atoms with Gasteiger partial charge in [0, 0.05) is 32.7 Å². The van der Waals surface area contributed by atoms with Gasteiger partial charge in [-0.2, -0.15) is 0 Å². The molecule has 6 heteroatoms. The van der Waals surface area contributed by atoms with Crippen molar-refractivity contribution in [1.29, 1.82) is 0 Å². The number of aliphatic hydroxyl groups is 1. The number of ether oxygens (including phenoxy) is 2. The molecule has 0 bridgehead atoms. The van der Waals surface area contributed by atoms with E-state index in [2.05, 4.69) is 10.2 Å². The summed E-state index contributed by atoms with van der Waals surface area (Å²) in [6.07, 6.45) is -0.458. The Labute approximate surface area is 126 Å². The number of methoxy groups -OCH3 is 1. The molecule has 1 heterocycles. The Morgan fingerprint density at radius 3 is 2.40 bits per heavy atom. The van der Waals surface area contributed by atoms with Gasteiger partial charge in [0.2, 0.25) is 0 Å². The molecule has 0 radical (unpaired) electrons. The van der Waals surface area contributed by atoms with Crippen LogP contribution in [-0.2, 0) is 0 Å². The lowest BCUT2D eigenvalue weighted by molar-refractivity contribution is -0.00000672. The summed E-state index contributed by atoms with van der Waals surface area (Å²) < 4.78 is 10.6. The smallest absolute Gasteiger partial charge is 0.119 e. The topological polar surface area (TPSA) is 54.0 Å². The van der Waals surface area contributed by atoms with Crippen LogP contribution in [0, 0.1) is 0 Å². The van der Waals surface area contributed by atoms with Crippen molar-refractivity contribution in [1.82, 2.24) is 10.2 Å². The highest BCUT2D eigenvalue weighted by molar-refractivity contribution is 5.31. The third-order valence-electron chi connectivity index (χ3n) is 3.18. The molecule has 1 unspecified atom stereocenters. The Kier molecular flexibility index (Phi) is 7.69. The molecule has 1 aromatic rings. The van der Waals surface area contributed by atoms with Crippen molar-refractivity contribution in [3.8, 4) is 11.5 Å². The molecule has 1 aliphatic rings. The summed E-state index contributed by atoms with van der Waals surface area (Å²) in [4.78, 5) is 2.25. The van der Waals surface area contributed by atoms with E-state index in [1.807, 2.05) is 24.3 Å². The Morgan fingerprint density at radius 2 is 1.80 bits per heavy atom. The molecular weight excluding hydrogens is 280 g/mol. The van der Waals surface area contributed by atoms with Crippen molar-refractivity contribution in [2.24, 2.45) is 0 Å². The molecule has 2 N–H and O–H groups in total. The van der Waals surface area contributed by atoms with Crippen molar-refractivity contribution in [3.05, 3.63) is 24.3 Å². The lowest BCUT2D eigenvalue weighted by Crippen LogP contribution is -3.00. The van der Waals surface area contributed by atoms with E-state index in [1.165, 1.54) is 0 Å². The number of aliphatic hydroxyl groups excluding tert-OH is 1. The molecular formula is C14H22ClN2O3-. The fourth-order valence-electron chi connectivity index (χ4n) is 2.11. The zero-order chi connectivity index (χ0) is 13.5. The van der Waals surface area contributed by atoms with E-state index in [0.717, 1.165) is 37.7 Å². The van der Waals surface area contributed by atoms with E-state index in [4.69, 9.17) is 9.47 Å². The molecule has 1 fully saturated rings. The highest BCUT2D eigenvalue weighted by Gasteiger charge is 2.14. The number of halogens is 1. The molecule has 20 heavy (non-hydrogen) atoms. The molecule has 1 atom stereocenters. The lowest BCUT2D eigenvalue weighted by atomic mass is 10.3. The van der Waals surface area contributed by atoms with Crippen LogP contribution in [0.25, 0.3) is 0 Å². The summed E-state index contributed by atoms with van der Waals surface area (Å²) >= 11 is 0. The van der Waals surface area contributed by atoms with E-state index >= 15 is 0 Å². The van der Waals surface area contributed by atoms with E-state index in [9.17, 15) is 5.11 Å². The standard InChI is InChI=1S/C14H22N2O3.ClH/c1-18-13-2-4-14(5-3-13)19-11-12(17)10-16-8-6-15-7-9-16;/h2-5,12,15,17H,6-11H2,1H3;1H/p-1. The maximum atomic E-state index is 9.95. The summed E-state index contributed by atoms with van der Waals surface area (Å²) in [6, 6.07) is 7.38. The minimum Gasteiger partial charge on any atom is -1.00 e. The van der Waals surface area contributed by atoms with Crippen LogP contribution in [0.4, 0.5) is 0 Å². The highest BCUT2D eigenvalue weighted by atomic mass is 35.5. The minimum absolute atomic E-state index is 0. The number of nitrogens with zero attached hydrogens (tertiary/aromatic N) is 1. The number of β-amino-alcohol motifs (C(OH)–C–C–N with tert-alkyl or cyclic N) is 1. The van der Waals surface area contributed by atoms with E-state index in [0.29, 0.717) is 13.2 Å². The molecule has 0 aromatic heterocycles. The van der Waals surface area contributed by atoms with Gasteiger partial charge in [-0.15, -0.1) is 0 Å². The normalized spacial score (nSPS) is 17.1. The van der Waals surface area contributed by atoms with Gasteiger partial charge in [-0.25, -0.2) is 0 Å². The molecule has 0 spiro atoms. The van der Waals surface area contributed by atoms with Gasteiger partial charge >= 0.3 is 0 Å². The first-order chi connectivity index (χ1) is 9.28. The predicted molar refractivity (Wildman–Crippen MR) is 73.8 cm³/mol. The number of piperazine rings is 1. The van der Waals surface area contributed by atoms with Crippen LogP contribution in [0.5, 0.6) is 11.5 Å². The molecule has 0 aliphatic carbocycles. The Balaban J connectivity index is 0.00000200. The monoisotopic (exact) mass is 301 g/mol. The minimum atomic E-state index is -0.458. The van der Waals surface area contributed by atoms with Crippen molar-refractivity contribution in [2.45, 2.75) is 6.10 Å². The van der Waals surface area contributed by atoms with Crippen LogP contribution in [0.15, 0.2) is 24.3 Å². The summed E-state index contributed by atoms with van der Waals surface area (Å²) in [6.45, 7) is 4.94. The summed E-state index contributed by atoms with van der Waals surface area (Å²) in [5, 5.41) is 13.2. The molecule has 0 saturated carbocycles. The number of benzene rings is 1. The summed E-state index contributed by atoms with van der Waals surface area (Å²) in [5.74, 6) is 1.55. The van der Waals surface area contributed by atoms with E-state index in [1.54, 1.807) is 7.11 Å². The van der Waals surface area contributed by atoms with Crippen LogP contribution >= 0.6 is 0 Å². The highest BCUT2D eigenvalue weighted by Crippen LogP contribution is 2.17. The van der Waals surface area contributed by atoms with Crippen molar-refractivity contribution in [3.63, 3.8) is 0 Å². The summed E-state index contributed by atoms with van der Waals surface area (Å²) in [7, 11) is 1.63. The number of rotatable bonds is 6. The zero-order valence-electron chi connectivity index (χ0n) is 11.7. The molecule has 1 aliphatic heterocycles. The first-order valence-corrected chi connectivity index (χ1v) is 6.66. The van der Waals surface area contributed by atoms with Crippen LogP contribution in [-0.4, -0.2) is 62.6 Å². The Morgan fingerprint density at radius 1 is 1.20 bits per heavy atom. The predicted octanol–water partition coefficient (Wildman–Crippen LogP) is -2.66. The second-order valence-electron chi connectivity index (χ2n) is 4.69. The van der Waals surface area contributed by atoms with Gasteiger partial charge < -0.3 is 32.3 Å². The molecule has 1 saturated heterocycles. The zero-order valence-corrected chi connectivity index (χ0v) is 12.5. The first-order valence-electron chi connectivity index (χ1n) is 6.66. The third-order valence-corrected chi connectivity index (χ3v) is 3.18. The number of hydrogen-bond donors (Lipinski definition) is 2. The maximum Gasteiger partial charge on any atom is 0.119 e. The average Bonchev–Trinajstić information content (AvgIpc) is 2.47. The van der Waals surface area contributed by atoms with Gasteiger partial charge in [-0.3, -0.25) is 4.90 Å². The SMILES string of the molecule is COc1ccc(OCC(O)CN2CCNCC2)cc1.[Cl-]. The van der Waals surface area contributed by atoms with Crippen molar-refractivity contribution >= 4 is 0 Å². The second kappa shape index (κ2) is 9.02. The van der Waals surface area contributed by atoms with E-state index < -0.39 is 6.10 Å². The fraction of sp³-hybridized carbons (Fsp3) is 0.571. The van der Waals surface area contributed by atoms with Crippen molar-refractivity contribution < 1.29 is 27.0 Å². The molecule has 1 aromatic carbocycles. The van der Waals surface area contributed by atoms with Crippen molar-refractivity contribution in [2.75, 3.05) is 46.4 Å². The van der Waals surface area contributed by atoms with Gasteiger partial charge in [0.25, 0.3) is 0 Å². The van der Waals surface area contributed by atoms with Gasteiger partial charge in [0.15, 0.2) is 0 Å². The fourth-order valence-corrected chi connectivity index (χ4v) is 2.11. The number of nitrogens with one attached hydrogen (secondary N) is 1. The molecule has 0 amide bonds. The maximum absolute atomic E-state index is 9.95. The molecule has 5 nitrogen and oxygen atoms in total. The Bertz CT molecular complexity index is 369. The van der Waals surface area contributed by atoms with Crippen LogP contribution in [0.2, 0.25) is 0 Å². The van der Waals surface area contributed by atoms with Crippen LogP contribution < -0.4 is 27.2 Å². The van der Waals surface area contributed by atoms with Crippen LogP contribution in [0.3, 0.4) is 0 Å². The van der Waals surface area contributed by atoms with Gasteiger partial charge in [0.1, 0.15) is 24.2 Å². The third kappa shape index (κ3) is 5.54. The Hall–Kier alpha value is -1.01. The second-order valence-corrected chi connectivity index (χ2v) is 4.69. The van der Waals surface area contributed by atoms with Gasteiger partial charge in [-0.05, 0) is 24.3 Å². The quantitative estimate of drug-likeness (QED) is 0.601. The largest absolute Gasteiger partial charge is 1.00 e. The summed E-state index contributed by atoms with van der Waals surface area (Å²) in [5.41, 5.74) is 0. The lowest BCUT2D eigenvalue weighted by Gasteiger charge is -2.29. The van der Waals surface area contributed by atoms with Gasteiger partial charge in [0.05, 0.1) is 7.11 Å². The van der Waals surface area contributed by atoms with Gasteiger partial charge in [-0.1, -0.05) is 0 Å². The molecule has 114 valence electrons. The molecule has 2 rings (SSSR count). The van der Waals surface area contributed by atoms with E-state index in [-0.39, 0.29) is 12.4 Å². The van der Waals surface area contributed by atoms with Crippen LogP contribution in [0.1, 0.15) is 0 Å². The first kappa shape index (κ1) is 17.0. The number of hydrogen-bond acceptors (Lipinski definition) is 5. The average molecular weight is 302 g/mol.